The molecule has 0 aromatic carbocycles. The summed E-state index contributed by atoms with van der Waals surface area (Å²) in [6.45, 7) is 0. The summed E-state index contributed by atoms with van der Waals surface area (Å²) in [5.41, 5.74) is 1.94. The highest BCUT2D eigenvalue weighted by atomic mass is 32.1. The zero-order valence-corrected chi connectivity index (χ0v) is 9.96. The van der Waals surface area contributed by atoms with Gasteiger partial charge >= 0.3 is 5.97 Å². The van der Waals surface area contributed by atoms with Crippen LogP contribution in [0.25, 0.3) is 0 Å². The van der Waals surface area contributed by atoms with Crippen molar-refractivity contribution in [1.82, 2.24) is 9.97 Å². The predicted octanol–water partition coefficient (Wildman–Crippen LogP) is 2.64. The Labute approximate surface area is 102 Å². The number of aromatic nitrogens is 2. The maximum Gasteiger partial charge on any atom is 0.347 e. The molecule has 1 aliphatic rings. The summed E-state index contributed by atoms with van der Waals surface area (Å²) < 4.78 is 0. The van der Waals surface area contributed by atoms with Gasteiger partial charge in [0, 0.05) is 24.7 Å². The van der Waals surface area contributed by atoms with Crippen molar-refractivity contribution in [3.63, 3.8) is 0 Å². The largest absolute Gasteiger partial charge is 0.477 e. The molecule has 0 atom stereocenters. The molecule has 1 fully saturated rings. The molecule has 2 aromatic rings. The van der Waals surface area contributed by atoms with E-state index in [1.807, 2.05) is 18.5 Å². The van der Waals surface area contributed by atoms with Crippen LogP contribution in [-0.4, -0.2) is 21.0 Å². The van der Waals surface area contributed by atoms with Gasteiger partial charge in [0.05, 0.1) is 10.7 Å². The van der Waals surface area contributed by atoms with Crippen LogP contribution in [0, 0.1) is 0 Å². The number of carboxylic acids is 1. The summed E-state index contributed by atoms with van der Waals surface area (Å²) in [7, 11) is 0. The number of thiazole rings is 1. The lowest BCUT2D eigenvalue weighted by molar-refractivity contribution is 0.0700. The highest BCUT2D eigenvalue weighted by Crippen LogP contribution is 2.42. The first-order valence-corrected chi connectivity index (χ1v) is 6.40. The number of carbonyl (C=O) groups is 1. The van der Waals surface area contributed by atoms with E-state index in [9.17, 15) is 4.79 Å². The van der Waals surface area contributed by atoms with Crippen molar-refractivity contribution in [2.24, 2.45) is 0 Å². The molecule has 2 N–H and O–H groups in total. The molecule has 2 aromatic heterocycles. The Balaban J connectivity index is 1.90. The molecule has 0 bridgehead atoms. The fourth-order valence-corrected chi connectivity index (χ4v) is 2.91. The van der Waals surface area contributed by atoms with E-state index < -0.39 is 5.97 Å². The van der Waals surface area contributed by atoms with Gasteiger partial charge in [0.15, 0.2) is 0 Å². The van der Waals surface area contributed by atoms with Crippen LogP contribution in [0.4, 0.5) is 0 Å². The molecule has 0 unspecified atom stereocenters. The molecule has 0 radical (unpaired) electrons. The van der Waals surface area contributed by atoms with Gasteiger partial charge in [-0.1, -0.05) is 0 Å². The molecule has 3 rings (SSSR count). The summed E-state index contributed by atoms with van der Waals surface area (Å²) in [5.74, 6) is -0.456. The van der Waals surface area contributed by atoms with Crippen LogP contribution in [0.1, 0.15) is 44.7 Å². The first kappa shape index (κ1) is 10.5. The average Bonchev–Trinajstić information content (AvgIpc) is 2.86. The lowest BCUT2D eigenvalue weighted by Gasteiger charge is -1.92. The fraction of sp³-hybridized carbons (Fsp3) is 0.333. The smallest absolute Gasteiger partial charge is 0.347 e. The highest BCUT2D eigenvalue weighted by Gasteiger charge is 2.31. The van der Waals surface area contributed by atoms with E-state index >= 15 is 0 Å². The first-order valence-electron chi connectivity index (χ1n) is 5.58. The number of aromatic carboxylic acids is 1. The molecule has 88 valence electrons. The van der Waals surface area contributed by atoms with Gasteiger partial charge < -0.3 is 10.1 Å². The molecule has 0 amide bonds. The summed E-state index contributed by atoms with van der Waals surface area (Å²) in [6, 6.07) is 1.98. The second-order valence-corrected chi connectivity index (χ2v) is 5.38. The molecule has 0 saturated heterocycles. The van der Waals surface area contributed by atoms with Crippen molar-refractivity contribution in [1.29, 1.82) is 0 Å². The third-order valence-corrected chi connectivity index (χ3v) is 3.93. The summed E-state index contributed by atoms with van der Waals surface area (Å²) in [4.78, 5) is 19.0. The number of nitrogens with zero attached hydrogens (tertiary/aromatic N) is 1. The lowest BCUT2D eigenvalue weighted by atomic mass is 10.2. The normalized spacial score (nSPS) is 15.1. The summed E-state index contributed by atoms with van der Waals surface area (Å²) in [6.07, 6.45) is 6.64. The molecule has 0 aliphatic heterocycles. The Morgan fingerprint density at radius 1 is 1.59 bits per heavy atom. The van der Waals surface area contributed by atoms with Crippen LogP contribution in [0.15, 0.2) is 18.5 Å². The minimum atomic E-state index is -0.843. The van der Waals surface area contributed by atoms with Gasteiger partial charge in [-0.3, -0.25) is 0 Å². The summed E-state index contributed by atoms with van der Waals surface area (Å²) >= 11 is 1.31. The number of rotatable bonds is 4. The molecule has 0 spiro atoms. The van der Waals surface area contributed by atoms with Crippen molar-refractivity contribution in [3.8, 4) is 0 Å². The Bertz CT molecular complexity index is 541. The molecule has 17 heavy (non-hydrogen) atoms. The van der Waals surface area contributed by atoms with Crippen molar-refractivity contribution < 1.29 is 9.90 Å². The minimum absolute atomic E-state index is 0.386. The maximum atomic E-state index is 11.1. The van der Waals surface area contributed by atoms with Crippen molar-refractivity contribution in [2.75, 3.05) is 0 Å². The van der Waals surface area contributed by atoms with Gasteiger partial charge in [0.25, 0.3) is 0 Å². The number of hydrogen-bond acceptors (Lipinski definition) is 3. The molecule has 4 nitrogen and oxygen atoms in total. The third-order valence-electron chi connectivity index (χ3n) is 2.87. The van der Waals surface area contributed by atoms with Gasteiger partial charge in [-0.15, -0.1) is 11.3 Å². The SMILES string of the molecule is O=C(O)c1sc(Cc2cc[nH]c2)nc1C1CC1. The first-order chi connectivity index (χ1) is 8.24. The van der Waals surface area contributed by atoms with Crippen LogP contribution in [-0.2, 0) is 6.42 Å². The van der Waals surface area contributed by atoms with Crippen molar-refractivity contribution >= 4 is 17.3 Å². The quantitative estimate of drug-likeness (QED) is 0.874. The monoisotopic (exact) mass is 248 g/mol. The average molecular weight is 248 g/mol. The molecular weight excluding hydrogens is 236 g/mol. The minimum Gasteiger partial charge on any atom is -0.477 e. The number of carboxylic acid groups (broad SMARTS) is 1. The zero-order valence-electron chi connectivity index (χ0n) is 9.14. The maximum absolute atomic E-state index is 11.1. The van der Waals surface area contributed by atoms with E-state index in [0.717, 1.165) is 29.1 Å². The predicted molar refractivity (Wildman–Crippen MR) is 64.6 cm³/mol. The number of nitrogens with one attached hydrogen (secondary N) is 1. The van der Waals surface area contributed by atoms with E-state index in [1.165, 1.54) is 11.3 Å². The van der Waals surface area contributed by atoms with Gasteiger partial charge in [0.2, 0.25) is 0 Å². The van der Waals surface area contributed by atoms with Crippen LogP contribution < -0.4 is 0 Å². The van der Waals surface area contributed by atoms with E-state index in [0.29, 0.717) is 17.2 Å². The van der Waals surface area contributed by atoms with Gasteiger partial charge in [-0.05, 0) is 24.5 Å². The molecule has 1 aliphatic carbocycles. The van der Waals surface area contributed by atoms with Crippen LogP contribution in [0.3, 0.4) is 0 Å². The Morgan fingerprint density at radius 2 is 2.41 bits per heavy atom. The molecule has 2 heterocycles. The van der Waals surface area contributed by atoms with Gasteiger partial charge in [-0.25, -0.2) is 9.78 Å². The van der Waals surface area contributed by atoms with E-state index in [1.54, 1.807) is 0 Å². The van der Waals surface area contributed by atoms with Crippen LogP contribution in [0.2, 0.25) is 0 Å². The number of hydrogen-bond donors (Lipinski definition) is 2. The van der Waals surface area contributed by atoms with E-state index in [4.69, 9.17) is 5.11 Å². The topological polar surface area (TPSA) is 66.0 Å². The molecular formula is C12H12N2O2S. The number of H-pyrrole nitrogens is 1. The van der Waals surface area contributed by atoms with Crippen LogP contribution >= 0.6 is 11.3 Å². The Kier molecular flexibility index (Phi) is 2.48. The third kappa shape index (κ3) is 2.10. The Hall–Kier alpha value is -1.62. The van der Waals surface area contributed by atoms with Crippen LogP contribution in [0.5, 0.6) is 0 Å². The molecule has 1 saturated carbocycles. The molecule has 5 heteroatoms. The standard InChI is InChI=1S/C12H12N2O2S/c15-12(16)11-10(8-1-2-8)14-9(17-11)5-7-3-4-13-6-7/h3-4,6,8,13H,1-2,5H2,(H,15,16). The second-order valence-electron chi connectivity index (χ2n) is 4.30. The Morgan fingerprint density at radius 3 is 3.00 bits per heavy atom. The fourth-order valence-electron chi connectivity index (χ4n) is 1.88. The highest BCUT2D eigenvalue weighted by molar-refractivity contribution is 7.13. The van der Waals surface area contributed by atoms with Crippen molar-refractivity contribution in [2.45, 2.75) is 25.2 Å². The van der Waals surface area contributed by atoms with E-state index in [2.05, 4.69) is 9.97 Å². The zero-order chi connectivity index (χ0) is 11.8. The van der Waals surface area contributed by atoms with E-state index in [-0.39, 0.29) is 0 Å². The summed E-state index contributed by atoms with van der Waals surface area (Å²) in [5, 5.41) is 10.0. The second kappa shape index (κ2) is 4.00. The van der Waals surface area contributed by atoms with Gasteiger partial charge in [0.1, 0.15) is 4.88 Å². The number of aromatic amines is 1. The lowest BCUT2D eigenvalue weighted by Crippen LogP contribution is -1.97. The van der Waals surface area contributed by atoms with Gasteiger partial charge in [-0.2, -0.15) is 0 Å². The van der Waals surface area contributed by atoms with Crippen molar-refractivity contribution in [3.05, 3.63) is 39.6 Å².